The Bertz CT molecular complexity index is 733. The maximum Gasteiger partial charge on any atom is 0.137 e. The molecule has 2 aromatic heterocycles. The van der Waals surface area contributed by atoms with Crippen LogP contribution in [0.4, 0.5) is 0 Å². The lowest BCUT2D eigenvalue weighted by Gasteiger charge is -2.09. The molecule has 0 atom stereocenters. The highest BCUT2D eigenvalue weighted by molar-refractivity contribution is 5.72. The zero-order chi connectivity index (χ0) is 13.9. The second-order valence-corrected chi connectivity index (χ2v) is 4.47. The summed E-state index contributed by atoms with van der Waals surface area (Å²) in [5.74, 6) is 0.841. The molecule has 4 nitrogen and oxygen atoms in total. The van der Waals surface area contributed by atoms with Crippen LogP contribution in [0.2, 0.25) is 0 Å². The minimum absolute atomic E-state index is 0.432. The van der Waals surface area contributed by atoms with Crippen molar-refractivity contribution in [1.82, 2.24) is 9.38 Å². The van der Waals surface area contributed by atoms with E-state index >= 15 is 0 Å². The van der Waals surface area contributed by atoms with E-state index in [1.807, 2.05) is 60.0 Å². The molecule has 1 aromatic carbocycles. The zero-order valence-corrected chi connectivity index (χ0v) is 11.4. The molecule has 0 aliphatic carbocycles. The third-order valence-corrected chi connectivity index (χ3v) is 3.26. The van der Waals surface area contributed by atoms with Gasteiger partial charge in [0.2, 0.25) is 0 Å². The number of ether oxygens (including phenoxy) is 1. The Morgan fingerprint density at radius 1 is 1.15 bits per heavy atom. The number of pyridine rings is 1. The molecule has 0 unspecified atom stereocenters. The smallest absolute Gasteiger partial charge is 0.137 e. The fourth-order valence-electron chi connectivity index (χ4n) is 2.40. The quantitative estimate of drug-likeness (QED) is 0.790. The van der Waals surface area contributed by atoms with Crippen molar-refractivity contribution in [3.05, 3.63) is 54.4 Å². The van der Waals surface area contributed by atoms with Gasteiger partial charge in [-0.05, 0) is 31.2 Å². The van der Waals surface area contributed by atoms with Crippen LogP contribution in [0.1, 0.15) is 12.6 Å². The topological polar surface area (TPSA) is 52.5 Å². The number of hydrogen-bond donors (Lipinski definition) is 1. The summed E-state index contributed by atoms with van der Waals surface area (Å²) in [4.78, 5) is 4.70. The molecular weight excluding hydrogens is 250 g/mol. The van der Waals surface area contributed by atoms with E-state index in [0.29, 0.717) is 13.2 Å². The number of hydrogen-bond acceptors (Lipinski definition) is 3. The minimum atomic E-state index is 0.432. The third kappa shape index (κ3) is 2.04. The highest BCUT2D eigenvalue weighted by Crippen LogP contribution is 2.32. The Morgan fingerprint density at radius 2 is 1.95 bits per heavy atom. The van der Waals surface area contributed by atoms with Gasteiger partial charge in [-0.15, -0.1) is 0 Å². The van der Waals surface area contributed by atoms with E-state index in [1.165, 1.54) is 0 Å². The molecule has 0 spiro atoms. The summed E-state index contributed by atoms with van der Waals surface area (Å²) in [6.45, 7) is 3.04. The predicted octanol–water partition coefficient (Wildman–Crippen LogP) is 2.86. The standard InChI is InChI=1S/C16H17N3O/c1-2-20-14-8-4-3-7-12(14)16-13(11-17)19-10-6-5-9-15(19)18-16/h3-10H,2,11,17H2,1H3. The molecule has 3 rings (SSSR count). The summed E-state index contributed by atoms with van der Waals surface area (Å²) in [7, 11) is 0. The van der Waals surface area contributed by atoms with Crippen molar-refractivity contribution in [1.29, 1.82) is 0 Å². The molecule has 0 saturated carbocycles. The average molecular weight is 267 g/mol. The summed E-state index contributed by atoms with van der Waals surface area (Å²) < 4.78 is 7.72. The summed E-state index contributed by atoms with van der Waals surface area (Å²) in [6, 6.07) is 13.9. The lowest BCUT2D eigenvalue weighted by molar-refractivity contribution is 0.341. The molecular formula is C16H17N3O. The largest absolute Gasteiger partial charge is 0.493 e. The molecule has 0 saturated heterocycles. The maximum atomic E-state index is 5.92. The molecule has 0 aliphatic rings. The summed E-state index contributed by atoms with van der Waals surface area (Å²) in [5, 5.41) is 0. The molecule has 102 valence electrons. The fourth-order valence-corrected chi connectivity index (χ4v) is 2.40. The predicted molar refractivity (Wildman–Crippen MR) is 79.7 cm³/mol. The first-order valence-corrected chi connectivity index (χ1v) is 6.73. The first kappa shape index (κ1) is 12.7. The van der Waals surface area contributed by atoms with Crippen molar-refractivity contribution in [3.63, 3.8) is 0 Å². The summed E-state index contributed by atoms with van der Waals surface area (Å²) in [6.07, 6.45) is 1.98. The van der Waals surface area contributed by atoms with Crippen LogP contribution in [0.15, 0.2) is 48.7 Å². The maximum absolute atomic E-state index is 5.92. The Morgan fingerprint density at radius 3 is 2.75 bits per heavy atom. The first-order valence-electron chi connectivity index (χ1n) is 6.73. The van der Waals surface area contributed by atoms with E-state index in [0.717, 1.165) is 28.3 Å². The Labute approximate surface area is 117 Å². The van der Waals surface area contributed by atoms with Gasteiger partial charge in [0.05, 0.1) is 18.0 Å². The number of aromatic nitrogens is 2. The van der Waals surface area contributed by atoms with Crippen molar-refractivity contribution in [2.45, 2.75) is 13.5 Å². The number of nitrogens with zero attached hydrogens (tertiary/aromatic N) is 2. The second kappa shape index (κ2) is 5.35. The number of rotatable bonds is 4. The number of fused-ring (bicyclic) bond motifs is 1. The van der Waals surface area contributed by atoms with Gasteiger partial charge in [-0.25, -0.2) is 4.98 Å². The molecule has 2 N–H and O–H groups in total. The van der Waals surface area contributed by atoms with E-state index in [4.69, 9.17) is 15.5 Å². The number of benzene rings is 1. The third-order valence-electron chi connectivity index (χ3n) is 3.26. The van der Waals surface area contributed by atoms with Crippen LogP contribution in [0, 0.1) is 0 Å². The summed E-state index contributed by atoms with van der Waals surface area (Å²) in [5.41, 5.74) is 9.69. The second-order valence-electron chi connectivity index (χ2n) is 4.47. The van der Waals surface area contributed by atoms with Crippen LogP contribution in [-0.4, -0.2) is 16.0 Å². The summed E-state index contributed by atoms with van der Waals surface area (Å²) >= 11 is 0. The van der Waals surface area contributed by atoms with Crippen molar-refractivity contribution >= 4 is 5.65 Å². The number of nitrogens with two attached hydrogens (primary N) is 1. The molecule has 0 amide bonds. The van der Waals surface area contributed by atoms with Gasteiger partial charge in [0, 0.05) is 18.3 Å². The molecule has 0 aliphatic heterocycles. The van der Waals surface area contributed by atoms with Gasteiger partial charge in [-0.1, -0.05) is 18.2 Å². The van der Waals surface area contributed by atoms with Gasteiger partial charge in [0.1, 0.15) is 11.4 Å². The average Bonchev–Trinajstić information content (AvgIpc) is 2.86. The van der Waals surface area contributed by atoms with Gasteiger partial charge in [0.25, 0.3) is 0 Å². The molecule has 2 heterocycles. The Balaban J connectivity index is 2.24. The molecule has 0 radical (unpaired) electrons. The van der Waals surface area contributed by atoms with Crippen molar-refractivity contribution in [3.8, 4) is 17.0 Å². The highest BCUT2D eigenvalue weighted by atomic mass is 16.5. The van der Waals surface area contributed by atoms with E-state index in [1.54, 1.807) is 0 Å². The number of para-hydroxylation sites is 1. The molecule has 20 heavy (non-hydrogen) atoms. The molecule has 0 fully saturated rings. The number of imidazole rings is 1. The van der Waals surface area contributed by atoms with Crippen molar-refractivity contribution in [2.75, 3.05) is 6.61 Å². The van der Waals surface area contributed by atoms with Crippen molar-refractivity contribution in [2.24, 2.45) is 5.73 Å². The van der Waals surface area contributed by atoms with Crippen molar-refractivity contribution < 1.29 is 4.74 Å². The molecule has 3 aromatic rings. The SMILES string of the molecule is CCOc1ccccc1-c1nc2ccccn2c1CN. The van der Waals surface area contributed by atoms with E-state index in [9.17, 15) is 0 Å². The van der Waals surface area contributed by atoms with E-state index in [-0.39, 0.29) is 0 Å². The van der Waals surface area contributed by atoms with Gasteiger partial charge in [-0.3, -0.25) is 0 Å². The van der Waals surface area contributed by atoms with Crippen LogP contribution in [0.3, 0.4) is 0 Å². The fraction of sp³-hybridized carbons (Fsp3) is 0.188. The minimum Gasteiger partial charge on any atom is -0.493 e. The Kier molecular flexibility index (Phi) is 3.39. The first-order chi connectivity index (χ1) is 9.85. The lowest BCUT2D eigenvalue weighted by atomic mass is 10.1. The van der Waals surface area contributed by atoms with Crippen LogP contribution in [0.5, 0.6) is 5.75 Å². The van der Waals surface area contributed by atoms with Gasteiger partial charge < -0.3 is 14.9 Å². The van der Waals surface area contributed by atoms with Crippen LogP contribution >= 0.6 is 0 Å². The zero-order valence-electron chi connectivity index (χ0n) is 11.4. The van der Waals surface area contributed by atoms with Gasteiger partial charge in [0.15, 0.2) is 0 Å². The molecule has 4 heteroatoms. The van der Waals surface area contributed by atoms with E-state index < -0.39 is 0 Å². The van der Waals surface area contributed by atoms with Gasteiger partial charge in [-0.2, -0.15) is 0 Å². The normalized spacial score (nSPS) is 10.9. The highest BCUT2D eigenvalue weighted by Gasteiger charge is 2.15. The van der Waals surface area contributed by atoms with E-state index in [2.05, 4.69) is 0 Å². The Hall–Kier alpha value is -2.33. The molecule has 0 bridgehead atoms. The van der Waals surface area contributed by atoms with Crippen LogP contribution < -0.4 is 10.5 Å². The van der Waals surface area contributed by atoms with Crippen LogP contribution in [0.25, 0.3) is 16.9 Å². The van der Waals surface area contributed by atoms with Crippen LogP contribution in [-0.2, 0) is 6.54 Å². The monoisotopic (exact) mass is 267 g/mol. The lowest BCUT2D eigenvalue weighted by Crippen LogP contribution is -2.03. The van der Waals surface area contributed by atoms with Gasteiger partial charge >= 0.3 is 0 Å².